The second-order valence-corrected chi connectivity index (χ2v) is 3.90. The summed E-state index contributed by atoms with van der Waals surface area (Å²) in [6.45, 7) is 4.12. The number of carbonyl (C=O) groups excluding carboxylic acids is 1. The fourth-order valence-corrected chi connectivity index (χ4v) is 1.78. The van der Waals surface area contributed by atoms with Crippen LogP contribution in [0.25, 0.3) is 0 Å². The van der Waals surface area contributed by atoms with Gasteiger partial charge in [0.15, 0.2) is 0 Å². The van der Waals surface area contributed by atoms with Gasteiger partial charge in [0.2, 0.25) is 0 Å². The molecule has 2 rings (SSSR count). The molecule has 5 nitrogen and oxygen atoms in total. The summed E-state index contributed by atoms with van der Waals surface area (Å²) in [7, 11) is 0. The van der Waals surface area contributed by atoms with E-state index in [9.17, 15) is 4.79 Å². The molecule has 16 heavy (non-hydrogen) atoms. The second kappa shape index (κ2) is 4.92. The Balaban J connectivity index is 1.99. The summed E-state index contributed by atoms with van der Waals surface area (Å²) in [5.74, 6) is 0. The maximum absolute atomic E-state index is 11.7. The van der Waals surface area contributed by atoms with Crippen molar-refractivity contribution >= 4 is 6.03 Å². The summed E-state index contributed by atoms with van der Waals surface area (Å²) in [5.41, 5.74) is 2.12. The normalized spacial score (nSPS) is 14.4. The highest BCUT2D eigenvalue weighted by Gasteiger charge is 2.20. The molecule has 0 radical (unpaired) electrons. The number of urea groups is 1. The van der Waals surface area contributed by atoms with Gasteiger partial charge >= 0.3 is 6.03 Å². The van der Waals surface area contributed by atoms with Crippen molar-refractivity contribution in [3.8, 4) is 0 Å². The van der Waals surface area contributed by atoms with Gasteiger partial charge in [-0.25, -0.2) is 14.8 Å². The number of aromatic nitrogens is 2. The molecular formula is C11H16N4O. The number of fused-ring (bicyclic) bond motifs is 1. The molecule has 1 aliphatic rings. The summed E-state index contributed by atoms with van der Waals surface area (Å²) < 4.78 is 0. The average Bonchev–Trinajstić information content (AvgIpc) is 2.35. The zero-order valence-corrected chi connectivity index (χ0v) is 9.44. The number of hydrogen-bond donors (Lipinski definition) is 1. The number of hydrogen-bond acceptors (Lipinski definition) is 3. The molecule has 1 aromatic rings. The Morgan fingerprint density at radius 2 is 2.50 bits per heavy atom. The average molecular weight is 220 g/mol. The summed E-state index contributed by atoms with van der Waals surface area (Å²) in [5, 5.41) is 2.88. The molecule has 0 saturated carbocycles. The standard InChI is InChI=1S/C11H16N4O/c1-2-4-13-11(16)15-5-3-10-9(7-15)6-12-8-14-10/h6,8H,2-5,7H2,1H3,(H,13,16). The molecule has 0 spiro atoms. The molecule has 5 heteroatoms. The largest absolute Gasteiger partial charge is 0.338 e. The molecule has 0 aliphatic carbocycles. The van der Waals surface area contributed by atoms with Crippen LogP contribution in [0, 0.1) is 0 Å². The van der Waals surface area contributed by atoms with Crippen LogP contribution in [0.1, 0.15) is 24.6 Å². The molecule has 1 aromatic heterocycles. The third-order valence-corrected chi connectivity index (χ3v) is 2.67. The second-order valence-electron chi connectivity index (χ2n) is 3.90. The Labute approximate surface area is 94.9 Å². The maximum atomic E-state index is 11.7. The molecule has 2 amide bonds. The molecule has 86 valence electrons. The summed E-state index contributed by atoms with van der Waals surface area (Å²) in [6, 6.07) is 0.0105. The fourth-order valence-electron chi connectivity index (χ4n) is 1.78. The van der Waals surface area contributed by atoms with Crippen LogP contribution in [0.4, 0.5) is 4.79 Å². The number of amides is 2. The van der Waals surface area contributed by atoms with Crippen molar-refractivity contribution in [3.05, 3.63) is 23.8 Å². The highest BCUT2D eigenvalue weighted by molar-refractivity contribution is 5.74. The van der Waals surface area contributed by atoms with E-state index in [0.29, 0.717) is 6.54 Å². The van der Waals surface area contributed by atoms with Crippen LogP contribution in [0.3, 0.4) is 0 Å². The highest BCUT2D eigenvalue weighted by Crippen LogP contribution is 2.15. The van der Waals surface area contributed by atoms with Crippen molar-refractivity contribution in [2.75, 3.05) is 13.1 Å². The molecule has 0 bridgehead atoms. The van der Waals surface area contributed by atoms with Gasteiger partial charge in [0.25, 0.3) is 0 Å². The third-order valence-electron chi connectivity index (χ3n) is 2.67. The molecule has 0 aromatic carbocycles. The summed E-state index contributed by atoms with van der Waals surface area (Å²) in [4.78, 5) is 21.7. The number of rotatable bonds is 2. The van der Waals surface area contributed by atoms with Gasteiger partial charge in [0.05, 0.1) is 12.2 Å². The van der Waals surface area contributed by atoms with Gasteiger partial charge in [0, 0.05) is 31.3 Å². The first-order valence-corrected chi connectivity index (χ1v) is 5.61. The first kappa shape index (κ1) is 10.9. The topological polar surface area (TPSA) is 58.1 Å². The minimum absolute atomic E-state index is 0.0105. The van der Waals surface area contributed by atoms with E-state index in [1.54, 1.807) is 17.4 Å². The molecule has 0 saturated heterocycles. The van der Waals surface area contributed by atoms with Crippen molar-refractivity contribution in [3.63, 3.8) is 0 Å². The van der Waals surface area contributed by atoms with Crippen molar-refractivity contribution in [1.29, 1.82) is 0 Å². The Morgan fingerprint density at radius 1 is 1.62 bits per heavy atom. The van der Waals surface area contributed by atoms with Crippen LogP contribution in [-0.2, 0) is 13.0 Å². The van der Waals surface area contributed by atoms with Crippen molar-refractivity contribution in [2.45, 2.75) is 26.3 Å². The minimum Gasteiger partial charge on any atom is -0.338 e. The van der Waals surface area contributed by atoms with E-state index in [1.807, 2.05) is 6.92 Å². The van der Waals surface area contributed by atoms with E-state index in [-0.39, 0.29) is 6.03 Å². The zero-order chi connectivity index (χ0) is 11.4. The van der Waals surface area contributed by atoms with Crippen molar-refractivity contribution in [2.24, 2.45) is 0 Å². The lowest BCUT2D eigenvalue weighted by atomic mass is 10.1. The molecule has 0 atom stereocenters. The van der Waals surface area contributed by atoms with Gasteiger partial charge in [-0.2, -0.15) is 0 Å². The fraction of sp³-hybridized carbons (Fsp3) is 0.545. The van der Waals surface area contributed by atoms with E-state index < -0.39 is 0 Å². The molecule has 0 fully saturated rings. The first-order chi connectivity index (χ1) is 7.81. The lowest BCUT2D eigenvalue weighted by Crippen LogP contribution is -2.43. The van der Waals surface area contributed by atoms with E-state index in [2.05, 4.69) is 15.3 Å². The van der Waals surface area contributed by atoms with Gasteiger partial charge < -0.3 is 10.2 Å². The van der Waals surface area contributed by atoms with Gasteiger partial charge in [0.1, 0.15) is 6.33 Å². The van der Waals surface area contributed by atoms with Crippen LogP contribution >= 0.6 is 0 Å². The van der Waals surface area contributed by atoms with Gasteiger partial charge in [-0.1, -0.05) is 6.92 Å². The van der Waals surface area contributed by atoms with E-state index in [0.717, 1.165) is 37.2 Å². The van der Waals surface area contributed by atoms with E-state index in [1.165, 1.54) is 0 Å². The van der Waals surface area contributed by atoms with Crippen LogP contribution in [-0.4, -0.2) is 34.0 Å². The SMILES string of the molecule is CCCNC(=O)N1CCc2ncncc2C1. The Hall–Kier alpha value is -1.65. The Bertz CT molecular complexity index is 380. The highest BCUT2D eigenvalue weighted by atomic mass is 16.2. The zero-order valence-electron chi connectivity index (χ0n) is 9.44. The van der Waals surface area contributed by atoms with E-state index in [4.69, 9.17) is 0 Å². The predicted molar refractivity (Wildman–Crippen MR) is 59.8 cm³/mol. The van der Waals surface area contributed by atoms with Crippen LogP contribution < -0.4 is 5.32 Å². The minimum atomic E-state index is 0.0105. The molecule has 0 unspecified atom stereocenters. The Kier molecular flexibility index (Phi) is 3.34. The maximum Gasteiger partial charge on any atom is 0.317 e. The lowest BCUT2D eigenvalue weighted by molar-refractivity contribution is 0.192. The van der Waals surface area contributed by atoms with E-state index >= 15 is 0 Å². The monoisotopic (exact) mass is 220 g/mol. The van der Waals surface area contributed by atoms with Crippen LogP contribution in [0.15, 0.2) is 12.5 Å². The van der Waals surface area contributed by atoms with Crippen LogP contribution in [0.5, 0.6) is 0 Å². The molecule has 1 N–H and O–H groups in total. The van der Waals surface area contributed by atoms with Gasteiger partial charge in [-0.3, -0.25) is 0 Å². The van der Waals surface area contributed by atoms with Crippen molar-refractivity contribution < 1.29 is 4.79 Å². The predicted octanol–water partition coefficient (Wildman–Crippen LogP) is 0.954. The first-order valence-electron chi connectivity index (χ1n) is 5.61. The molecule has 1 aliphatic heterocycles. The van der Waals surface area contributed by atoms with Crippen LogP contribution in [0.2, 0.25) is 0 Å². The van der Waals surface area contributed by atoms with Gasteiger partial charge in [-0.05, 0) is 6.42 Å². The number of carbonyl (C=O) groups is 1. The molecule has 2 heterocycles. The van der Waals surface area contributed by atoms with Crippen molar-refractivity contribution in [1.82, 2.24) is 20.2 Å². The summed E-state index contributed by atoms with van der Waals surface area (Å²) >= 11 is 0. The number of nitrogens with zero attached hydrogens (tertiary/aromatic N) is 3. The van der Waals surface area contributed by atoms with Gasteiger partial charge in [-0.15, -0.1) is 0 Å². The molecular weight excluding hydrogens is 204 g/mol. The lowest BCUT2D eigenvalue weighted by Gasteiger charge is -2.27. The summed E-state index contributed by atoms with van der Waals surface area (Å²) in [6.07, 6.45) is 5.13. The quantitative estimate of drug-likeness (QED) is 0.807. The number of nitrogens with one attached hydrogen (secondary N) is 1. The Morgan fingerprint density at radius 3 is 3.31 bits per heavy atom. The third kappa shape index (κ3) is 2.29. The smallest absolute Gasteiger partial charge is 0.317 e.